The van der Waals surface area contributed by atoms with Crippen molar-refractivity contribution in [3.63, 3.8) is 0 Å². The second-order valence-electron chi connectivity index (χ2n) is 4.10. The minimum atomic E-state index is -2.71. The van der Waals surface area contributed by atoms with Crippen molar-refractivity contribution in [3.8, 4) is 0 Å². The normalized spacial score (nSPS) is 10.5. The van der Waals surface area contributed by atoms with Crippen LogP contribution in [0.25, 0.3) is 0 Å². The van der Waals surface area contributed by atoms with Gasteiger partial charge < -0.3 is 15.3 Å². The number of nitro groups is 1. The number of nitrogens with one attached hydrogen (secondary N) is 1. The highest BCUT2D eigenvalue weighted by Gasteiger charge is 2.23. The number of benzene rings is 1. The van der Waals surface area contributed by atoms with Gasteiger partial charge in [-0.25, -0.2) is 8.78 Å². The van der Waals surface area contributed by atoms with E-state index in [9.17, 15) is 23.7 Å². The molecular formula is C12H15F2N3O4. The first-order valence-corrected chi connectivity index (χ1v) is 6.05. The molecule has 0 aliphatic rings. The van der Waals surface area contributed by atoms with Gasteiger partial charge in [0.05, 0.1) is 18.1 Å². The third-order valence-corrected chi connectivity index (χ3v) is 2.73. The number of hydrogen-bond donors (Lipinski definition) is 2. The molecule has 0 bridgehead atoms. The van der Waals surface area contributed by atoms with Gasteiger partial charge in [0.1, 0.15) is 5.69 Å². The molecule has 0 saturated heterocycles. The number of halogens is 2. The lowest BCUT2D eigenvalue weighted by Crippen LogP contribution is -2.32. The molecule has 1 amide bonds. The molecule has 1 aromatic rings. The molecule has 7 nitrogen and oxygen atoms in total. The van der Waals surface area contributed by atoms with Gasteiger partial charge in [-0.3, -0.25) is 14.9 Å². The van der Waals surface area contributed by atoms with E-state index in [1.807, 2.05) is 0 Å². The highest BCUT2D eigenvalue weighted by molar-refractivity contribution is 5.95. The van der Waals surface area contributed by atoms with Crippen LogP contribution in [0.2, 0.25) is 0 Å². The Kier molecular flexibility index (Phi) is 5.97. The number of hydrogen-bond acceptors (Lipinski definition) is 5. The lowest BCUT2D eigenvalue weighted by atomic mass is 10.1. The average Bonchev–Trinajstić information content (AvgIpc) is 2.44. The predicted molar refractivity (Wildman–Crippen MR) is 71.8 cm³/mol. The Morgan fingerprint density at radius 1 is 1.52 bits per heavy atom. The summed E-state index contributed by atoms with van der Waals surface area (Å²) < 4.78 is 25.1. The van der Waals surface area contributed by atoms with Crippen molar-refractivity contribution in [2.75, 3.05) is 31.6 Å². The summed E-state index contributed by atoms with van der Waals surface area (Å²) in [6.07, 6.45) is -2.71. The number of aliphatic hydroxyl groups excluding tert-OH is 1. The molecule has 1 aromatic carbocycles. The molecule has 21 heavy (non-hydrogen) atoms. The van der Waals surface area contributed by atoms with E-state index in [1.165, 1.54) is 19.2 Å². The SMILES string of the molecule is CNC(=O)c1ccc(N(CCO)CC(F)F)c([N+](=O)[O-])c1. The van der Waals surface area contributed by atoms with Gasteiger partial charge in [0, 0.05) is 25.2 Å². The standard InChI is InChI=1S/C12H15F2N3O4/c1-15-12(19)8-2-3-9(10(6-8)17(20)21)16(4-5-18)7-11(13)14/h2-3,6,11,18H,4-5,7H2,1H3,(H,15,19). The molecule has 0 saturated carbocycles. The molecule has 0 atom stereocenters. The Hall–Kier alpha value is -2.29. The van der Waals surface area contributed by atoms with Crippen molar-refractivity contribution < 1.29 is 23.6 Å². The van der Waals surface area contributed by atoms with E-state index >= 15 is 0 Å². The topological polar surface area (TPSA) is 95.7 Å². The summed E-state index contributed by atoms with van der Waals surface area (Å²) in [5.74, 6) is -0.521. The summed E-state index contributed by atoms with van der Waals surface area (Å²) in [4.78, 5) is 22.8. The first kappa shape index (κ1) is 16.8. The largest absolute Gasteiger partial charge is 0.395 e. The minimum Gasteiger partial charge on any atom is -0.395 e. The van der Waals surface area contributed by atoms with Crippen molar-refractivity contribution in [3.05, 3.63) is 33.9 Å². The van der Waals surface area contributed by atoms with E-state index in [-0.39, 0.29) is 17.8 Å². The van der Waals surface area contributed by atoms with Crippen LogP contribution < -0.4 is 10.2 Å². The first-order valence-electron chi connectivity index (χ1n) is 6.05. The van der Waals surface area contributed by atoms with E-state index in [0.29, 0.717) is 0 Å². The van der Waals surface area contributed by atoms with Gasteiger partial charge in [0.25, 0.3) is 18.0 Å². The molecule has 0 fully saturated rings. The minimum absolute atomic E-state index is 0.0499. The zero-order valence-electron chi connectivity index (χ0n) is 11.3. The fraction of sp³-hybridized carbons (Fsp3) is 0.417. The van der Waals surface area contributed by atoms with Gasteiger partial charge in [0.2, 0.25) is 0 Å². The number of carbonyl (C=O) groups is 1. The Balaban J connectivity index is 3.25. The molecule has 0 aliphatic carbocycles. The van der Waals surface area contributed by atoms with E-state index in [4.69, 9.17) is 5.11 Å². The van der Waals surface area contributed by atoms with Crippen LogP contribution in [0.5, 0.6) is 0 Å². The summed E-state index contributed by atoms with van der Waals surface area (Å²) in [5.41, 5.74) is -0.485. The Bertz CT molecular complexity index is 525. The third kappa shape index (κ3) is 4.35. The van der Waals surface area contributed by atoms with Crippen LogP contribution in [0, 0.1) is 10.1 Å². The van der Waals surface area contributed by atoms with Gasteiger partial charge in [-0.05, 0) is 12.1 Å². The number of carbonyl (C=O) groups excluding carboxylic acids is 1. The smallest absolute Gasteiger partial charge is 0.293 e. The van der Waals surface area contributed by atoms with Crippen LogP contribution in [0.15, 0.2) is 18.2 Å². The maximum atomic E-state index is 12.5. The van der Waals surface area contributed by atoms with Gasteiger partial charge in [-0.2, -0.15) is 0 Å². The van der Waals surface area contributed by atoms with Crippen molar-refractivity contribution in [2.24, 2.45) is 0 Å². The van der Waals surface area contributed by atoms with E-state index in [1.54, 1.807) is 0 Å². The molecule has 2 N–H and O–H groups in total. The highest BCUT2D eigenvalue weighted by Crippen LogP contribution is 2.29. The number of nitrogens with zero attached hydrogens (tertiary/aromatic N) is 2. The van der Waals surface area contributed by atoms with Gasteiger partial charge >= 0.3 is 0 Å². The van der Waals surface area contributed by atoms with Gasteiger partial charge in [-0.1, -0.05) is 0 Å². The van der Waals surface area contributed by atoms with Crippen LogP contribution >= 0.6 is 0 Å². The number of amides is 1. The third-order valence-electron chi connectivity index (χ3n) is 2.73. The van der Waals surface area contributed by atoms with Crippen LogP contribution in [-0.2, 0) is 0 Å². The highest BCUT2D eigenvalue weighted by atomic mass is 19.3. The summed E-state index contributed by atoms with van der Waals surface area (Å²) in [6, 6.07) is 3.54. The van der Waals surface area contributed by atoms with Crippen molar-refractivity contribution >= 4 is 17.3 Å². The van der Waals surface area contributed by atoms with E-state index in [0.717, 1.165) is 11.0 Å². The van der Waals surface area contributed by atoms with Gasteiger partial charge in [0.15, 0.2) is 0 Å². The zero-order valence-corrected chi connectivity index (χ0v) is 11.3. The number of rotatable bonds is 7. The average molecular weight is 303 g/mol. The Labute approximate surface area is 119 Å². The van der Waals surface area contributed by atoms with Crippen molar-refractivity contribution in [1.82, 2.24) is 5.32 Å². The lowest BCUT2D eigenvalue weighted by molar-refractivity contribution is -0.384. The molecule has 0 aromatic heterocycles. The first-order chi connectivity index (χ1) is 9.90. The summed E-state index contributed by atoms with van der Waals surface area (Å²) in [5, 5.41) is 22.3. The van der Waals surface area contributed by atoms with Crippen molar-refractivity contribution in [1.29, 1.82) is 0 Å². The summed E-state index contributed by atoms with van der Waals surface area (Å²) >= 11 is 0. The molecule has 0 heterocycles. The van der Waals surface area contributed by atoms with Crippen LogP contribution in [0.4, 0.5) is 20.2 Å². The van der Waals surface area contributed by atoms with Crippen LogP contribution in [-0.4, -0.2) is 49.1 Å². The molecule has 1 rings (SSSR count). The van der Waals surface area contributed by atoms with E-state index < -0.39 is 36.1 Å². The maximum Gasteiger partial charge on any atom is 0.293 e. The fourth-order valence-electron chi connectivity index (χ4n) is 1.82. The maximum absolute atomic E-state index is 12.5. The van der Waals surface area contributed by atoms with Crippen LogP contribution in [0.3, 0.4) is 0 Å². The fourth-order valence-corrected chi connectivity index (χ4v) is 1.82. The summed E-state index contributed by atoms with van der Waals surface area (Å²) in [6.45, 7) is -1.35. The van der Waals surface area contributed by atoms with Crippen LogP contribution in [0.1, 0.15) is 10.4 Å². The molecule has 9 heteroatoms. The molecule has 0 unspecified atom stereocenters. The van der Waals surface area contributed by atoms with Gasteiger partial charge in [-0.15, -0.1) is 0 Å². The Morgan fingerprint density at radius 2 is 2.19 bits per heavy atom. The molecule has 0 aliphatic heterocycles. The second kappa shape index (κ2) is 7.48. The monoisotopic (exact) mass is 303 g/mol. The second-order valence-corrected chi connectivity index (χ2v) is 4.10. The number of aliphatic hydroxyl groups is 1. The lowest BCUT2D eigenvalue weighted by Gasteiger charge is -2.23. The number of nitro benzene ring substituents is 1. The molecule has 0 radical (unpaired) electrons. The quantitative estimate of drug-likeness (QED) is 0.579. The number of alkyl halides is 2. The predicted octanol–water partition coefficient (Wildman–Crippen LogP) is 1.02. The zero-order chi connectivity index (χ0) is 16.0. The molecule has 0 spiro atoms. The number of anilines is 1. The molecular weight excluding hydrogens is 288 g/mol. The summed E-state index contributed by atoms with van der Waals surface area (Å²) in [7, 11) is 1.37. The van der Waals surface area contributed by atoms with Crippen molar-refractivity contribution in [2.45, 2.75) is 6.43 Å². The Morgan fingerprint density at radius 3 is 2.67 bits per heavy atom. The van der Waals surface area contributed by atoms with E-state index in [2.05, 4.69) is 5.32 Å². The molecule has 116 valence electrons.